The van der Waals surface area contributed by atoms with Gasteiger partial charge in [-0.15, -0.1) is 0 Å². The van der Waals surface area contributed by atoms with Gasteiger partial charge in [-0.25, -0.2) is 12.8 Å². The zero-order chi connectivity index (χ0) is 13.9. The summed E-state index contributed by atoms with van der Waals surface area (Å²) in [6.45, 7) is 0.346. The fraction of sp³-hybridized carbons (Fsp3) is 0.571. The van der Waals surface area contributed by atoms with E-state index in [-0.39, 0.29) is 10.8 Å². The molecule has 1 aromatic carbocycles. The Morgan fingerprint density at radius 3 is 2.53 bits per heavy atom. The fourth-order valence-electron chi connectivity index (χ4n) is 2.87. The Morgan fingerprint density at radius 1 is 1.16 bits per heavy atom. The van der Waals surface area contributed by atoms with Crippen LogP contribution in [0, 0.1) is 11.7 Å². The third kappa shape index (κ3) is 2.98. The molecule has 0 aliphatic heterocycles. The first-order valence-corrected chi connectivity index (χ1v) is 8.30. The second-order valence-corrected chi connectivity index (χ2v) is 7.28. The molecule has 19 heavy (non-hydrogen) atoms. The molecule has 0 aromatic heterocycles. The highest BCUT2D eigenvalue weighted by Gasteiger charge is 2.36. The molecule has 1 saturated carbocycles. The summed E-state index contributed by atoms with van der Waals surface area (Å²) < 4.78 is 39.0. The van der Waals surface area contributed by atoms with Crippen molar-refractivity contribution in [1.29, 1.82) is 0 Å². The highest BCUT2D eigenvalue weighted by Crippen LogP contribution is 2.32. The topological polar surface area (TPSA) is 60.2 Å². The Balaban J connectivity index is 2.39. The fourth-order valence-corrected chi connectivity index (χ4v) is 5.03. The van der Waals surface area contributed by atoms with E-state index in [4.69, 9.17) is 5.73 Å². The third-order valence-electron chi connectivity index (χ3n) is 3.93. The molecule has 0 radical (unpaired) electrons. The number of benzene rings is 1. The Bertz CT molecular complexity index is 530. The lowest BCUT2D eigenvalue weighted by molar-refractivity contribution is 0.454. The summed E-state index contributed by atoms with van der Waals surface area (Å²) >= 11 is 0. The van der Waals surface area contributed by atoms with Crippen molar-refractivity contribution in [2.75, 3.05) is 6.54 Å². The Kier molecular flexibility index (Phi) is 4.58. The molecule has 1 aliphatic carbocycles. The minimum absolute atomic E-state index is 0.0629. The maximum absolute atomic E-state index is 13.8. The molecule has 1 aliphatic rings. The summed E-state index contributed by atoms with van der Waals surface area (Å²) in [5, 5.41) is -0.545. The minimum Gasteiger partial charge on any atom is -0.330 e. The molecule has 106 valence electrons. The molecule has 0 saturated heterocycles. The summed E-state index contributed by atoms with van der Waals surface area (Å²) in [4.78, 5) is -0.180. The van der Waals surface area contributed by atoms with Gasteiger partial charge in [-0.3, -0.25) is 0 Å². The van der Waals surface area contributed by atoms with Crippen molar-refractivity contribution in [3.63, 3.8) is 0 Å². The normalized spacial score (nSPS) is 24.9. The largest absolute Gasteiger partial charge is 0.330 e. The monoisotopic (exact) mass is 285 g/mol. The van der Waals surface area contributed by atoms with Gasteiger partial charge in [-0.2, -0.15) is 0 Å². The van der Waals surface area contributed by atoms with Crippen LogP contribution in [0.4, 0.5) is 4.39 Å². The predicted octanol–water partition coefficient (Wildman–Crippen LogP) is 2.51. The summed E-state index contributed by atoms with van der Waals surface area (Å²) in [6.07, 6.45) is 4.30. The van der Waals surface area contributed by atoms with E-state index in [2.05, 4.69) is 0 Å². The summed E-state index contributed by atoms with van der Waals surface area (Å²) in [6, 6.07) is 5.61. The van der Waals surface area contributed by atoms with Crippen molar-refractivity contribution in [3.8, 4) is 0 Å². The van der Waals surface area contributed by atoms with E-state index >= 15 is 0 Å². The molecule has 3 nitrogen and oxygen atoms in total. The van der Waals surface area contributed by atoms with Crippen molar-refractivity contribution >= 4 is 9.84 Å². The van der Waals surface area contributed by atoms with Crippen LogP contribution in [0.2, 0.25) is 0 Å². The van der Waals surface area contributed by atoms with Gasteiger partial charge in [0.1, 0.15) is 10.7 Å². The average molecular weight is 285 g/mol. The quantitative estimate of drug-likeness (QED) is 0.868. The molecule has 5 heteroatoms. The van der Waals surface area contributed by atoms with Gasteiger partial charge in [0.2, 0.25) is 0 Å². The molecule has 2 rings (SSSR count). The van der Waals surface area contributed by atoms with Gasteiger partial charge in [0.05, 0.1) is 5.25 Å². The number of rotatable bonds is 3. The second-order valence-electron chi connectivity index (χ2n) is 5.15. The van der Waals surface area contributed by atoms with Crippen LogP contribution in [-0.4, -0.2) is 20.2 Å². The van der Waals surface area contributed by atoms with E-state index in [1.807, 2.05) is 0 Å². The van der Waals surface area contributed by atoms with Gasteiger partial charge in [-0.05, 0) is 37.4 Å². The molecule has 0 heterocycles. The molecule has 1 aromatic rings. The zero-order valence-corrected chi connectivity index (χ0v) is 11.7. The minimum atomic E-state index is -3.63. The molecule has 2 atom stereocenters. The smallest absolute Gasteiger partial charge is 0.184 e. The maximum atomic E-state index is 13.8. The predicted molar refractivity (Wildman–Crippen MR) is 73.0 cm³/mol. The van der Waals surface area contributed by atoms with E-state index < -0.39 is 20.9 Å². The highest BCUT2D eigenvalue weighted by atomic mass is 32.2. The lowest BCUT2D eigenvalue weighted by atomic mass is 10.0. The first-order valence-electron chi connectivity index (χ1n) is 6.76. The van der Waals surface area contributed by atoms with Crippen molar-refractivity contribution in [3.05, 3.63) is 30.1 Å². The van der Waals surface area contributed by atoms with Gasteiger partial charge in [0.15, 0.2) is 9.84 Å². The van der Waals surface area contributed by atoms with E-state index in [1.165, 1.54) is 18.2 Å². The number of halogens is 1. The van der Waals surface area contributed by atoms with Crippen LogP contribution in [0.15, 0.2) is 29.2 Å². The van der Waals surface area contributed by atoms with Crippen LogP contribution in [0.3, 0.4) is 0 Å². The van der Waals surface area contributed by atoms with Gasteiger partial charge < -0.3 is 5.73 Å². The van der Waals surface area contributed by atoms with Gasteiger partial charge in [0.25, 0.3) is 0 Å². The van der Waals surface area contributed by atoms with Crippen LogP contribution < -0.4 is 5.73 Å². The van der Waals surface area contributed by atoms with E-state index in [0.29, 0.717) is 13.0 Å². The van der Waals surface area contributed by atoms with E-state index in [9.17, 15) is 12.8 Å². The average Bonchev–Trinajstić information content (AvgIpc) is 2.64. The Morgan fingerprint density at radius 2 is 1.84 bits per heavy atom. The van der Waals surface area contributed by atoms with Crippen LogP contribution >= 0.6 is 0 Å². The molecular formula is C14H20FNO2S. The molecule has 0 amide bonds. The summed E-state index contributed by atoms with van der Waals surface area (Å²) in [5.41, 5.74) is 5.72. The summed E-state index contributed by atoms with van der Waals surface area (Å²) in [5.74, 6) is -0.727. The van der Waals surface area contributed by atoms with Crippen molar-refractivity contribution in [1.82, 2.24) is 0 Å². The second kappa shape index (κ2) is 6.01. The number of nitrogens with two attached hydrogens (primary N) is 1. The van der Waals surface area contributed by atoms with Crippen molar-refractivity contribution in [2.45, 2.75) is 42.2 Å². The van der Waals surface area contributed by atoms with E-state index in [1.54, 1.807) is 6.07 Å². The molecule has 2 unspecified atom stereocenters. The lowest BCUT2D eigenvalue weighted by Crippen LogP contribution is -2.34. The van der Waals surface area contributed by atoms with Gasteiger partial charge >= 0.3 is 0 Å². The Labute approximate surface area is 113 Å². The zero-order valence-electron chi connectivity index (χ0n) is 10.9. The number of hydrogen-bond donors (Lipinski definition) is 1. The third-order valence-corrected chi connectivity index (χ3v) is 6.30. The van der Waals surface area contributed by atoms with Gasteiger partial charge in [-0.1, -0.05) is 31.4 Å². The van der Waals surface area contributed by atoms with Crippen molar-refractivity contribution < 1.29 is 12.8 Å². The molecule has 1 fully saturated rings. The molecule has 0 bridgehead atoms. The summed E-state index contributed by atoms with van der Waals surface area (Å²) in [7, 11) is -3.63. The van der Waals surface area contributed by atoms with Crippen LogP contribution in [0.5, 0.6) is 0 Å². The molecular weight excluding hydrogens is 265 g/mol. The molecule has 2 N–H and O–H groups in total. The first kappa shape index (κ1) is 14.5. The standard InChI is InChI=1S/C14H20FNO2S/c15-12-7-4-5-9-14(12)19(17,18)13-8-3-1-2-6-11(13)10-16/h4-5,7,9,11,13H,1-3,6,8,10,16H2. The maximum Gasteiger partial charge on any atom is 0.184 e. The van der Waals surface area contributed by atoms with Crippen LogP contribution in [0.1, 0.15) is 32.1 Å². The molecule has 0 spiro atoms. The Hall–Kier alpha value is -0.940. The highest BCUT2D eigenvalue weighted by molar-refractivity contribution is 7.92. The van der Waals surface area contributed by atoms with Crippen molar-refractivity contribution in [2.24, 2.45) is 11.7 Å². The lowest BCUT2D eigenvalue weighted by Gasteiger charge is -2.24. The SMILES string of the molecule is NCC1CCCCCC1S(=O)(=O)c1ccccc1F. The van der Waals surface area contributed by atoms with E-state index in [0.717, 1.165) is 25.7 Å². The van der Waals surface area contributed by atoms with Crippen LogP contribution in [-0.2, 0) is 9.84 Å². The first-order chi connectivity index (χ1) is 9.07. The van der Waals surface area contributed by atoms with Crippen LogP contribution in [0.25, 0.3) is 0 Å². The number of hydrogen-bond acceptors (Lipinski definition) is 3. The van der Waals surface area contributed by atoms with Gasteiger partial charge in [0, 0.05) is 0 Å². The number of sulfone groups is 1.